The van der Waals surface area contributed by atoms with E-state index < -0.39 is 17.9 Å². The molecular weight excluding hydrogens is 466 g/mol. The van der Waals surface area contributed by atoms with Gasteiger partial charge < -0.3 is 15.7 Å². The number of aromatic carboxylic acids is 1. The molecule has 1 aromatic carbocycles. The third-order valence-electron chi connectivity index (χ3n) is 5.68. The maximum absolute atomic E-state index is 13.2. The highest BCUT2D eigenvalue weighted by Gasteiger charge is 2.44. The molecule has 0 amide bonds. The standard InChI is InChI=1S/C23H21ClF2N6O2/c1-11-5-14(12(2)29-15-3-4-18(24)31-20(15)22(33)34)19-16(6-11)30-17(9-27)21(32-19)28-10-13-7-23(25,26)8-13/h3-6,12-13,29H,7-8,10H2,1-2H3,(H,28,32)(H,33,34)/t12-/m1/s1. The van der Waals surface area contributed by atoms with Gasteiger partial charge in [-0.25, -0.2) is 28.5 Å². The lowest BCUT2D eigenvalue weighted by Crippen LogP contribution is -2.39. The first kappa shape index (κ1) is 23.6. The second-order valence-corrected chi connectivity index (χ2v) is 8.85. The van der Waals surface area contributed by atoms with Crippen LogP contribution >= 0.6 is 11.6 Å². The number of hydrogen-bond donors (Lipinski definition) is 3. The Kier molecular flexibility index (Phi) is 6.23. The number of nitriles is 1. The summed E-state index contributed by atoms with van der Waals surface area (Å²) in [6.07, 6.45) is -0.398. The highest BCUT2D eigenvalue weighted by atomic mass is 35.5. The van der Waals surface area contributed by atoms with Crippen LogP contribution in [0.1, 0.15) is 53.1 Å². The molecule has 11 heteroatoms. The van der Waals surface area contributed by atoms with Crippen molar-refractivity contribution >= 4 is 40.1 Å². The summed E-state index contributed by atoms with van der Waals surface area (Å²) >= 11 is 5.85. The zero-order chi connectivity index (χ0) is 24.6. The van der Waals surface area contributed by atoms with Gasteiger partial charge in [-0.3, -0.25) is 0 Å². The first-order valence-corrected chi connectivity index (χ1v) is 10.9. The normalized spacial score (nSPS) is 15.9. The lowest BCUT2D eigenvalue weighted by atomic mass is 9.81. The van der Waals surface area contributed by atoms with E-state index in [-0.39, 0.29) is 53.4 Å². The predicted molar refractivity (Wildman–Crippen MR) is 123 cm³/mol. The van der Waals surface area contributed by atoms with E-state index in [2.05, 4.69) is 25.6 Å². The molecule has 0 unspecified atom stereocenters. The van der Waals surface area contributed by atoms with Crippen LogP contribution in [0.5, 0.6) is 0 Å². The molecule has 8 nitrogen and oxygen atoms in total. The van der Waals surface area contributed by atoms with Crippen LogP contribution in [0.4, 0.5) is 20.3 Å². The molecular formula is C23H21ClF2N6O2. The van der Waals surface area contributed by atoms with Crippen LogP contribution in [-0.4, -0.2) is 38.5 Å². The van der Waals surface area contributed by atoms with Gasteiger partial charge in [-0.1, -0.05) is 17.7 Å². The summed E-state index contributed by atoms with van der Waals surface area (Å²) in [5.74, 6) is -3.83. The molecule has 1 saturated carbocycles. The minimum absolute atomic E-state index is 0.0615. The topological polar surface area (TPSA) is 124 Å². The van der Waals surface area contributed by atoms with Crippen LogP contribution in [0.25, 0.3) is 11.0 Å². The summed E-state index contributed by atoms with van der Waals surface area (Å²) in [6.45, 7) is 3.97. The van der Waals surface area contributed by atoms with Gasteiger partial charge in [-0.2, -0.15) is 5.26 Å². The van der Waals surface area contributed by atoms with E-state index in [1.807, 2.05) is 26.0 Å². The number of carboxylic acid groups (broad SMARTS) is 1. The zero-order valence-corrected chi connectivity index (χ0v) is 19.1. The Balaban J connectivity index is 1.68. The van der Waals surface area contributed by atoms with Gasteiger partial charge in [0.1, 0.15) is 11.2 Å². The van der Waals surface area contributed by atoms with Crippen molar-refractivity contribution in [2.45, 2.75) is 38.7 Å². The van der Waals surface area contributed by atoms with E-state index in [0.29, 0.717) is 11.0 Å². The predicted octanol–water partition coefficient (Wildman–Crippen LogP) is 5.19. The van der Waals surface area contributed by atoms with Crippen molar-refractivity contribution in [1.82, 2.24) is 15.0 Å². The van der Waals surface area contributed by atoms with Crippen LogP contribution in [0.2, 0.25) is 5.15 Å². The number of pyridine rings is 1. The number of fused-ring (bicyclic) bond motifs is 1. The van der Waals surface area contributed by atoms with Crippen molar-refractivity contribution in [1.29, 1.82) is 5.26 Å². The minimum atomic E-state index is -2.63. The summed E-state index contributed by atoms with van der Waals surface area (Å²) in [7, 11) is 0. The molecule has 1 aliphatic rings. The number of benzene rings is 1. The molecule has 176 valence electrons. The van der Waals surface area contributed by atoms with Gasteiger partial charge in [0.2, 0.25) is 5.92 Å². The maximum atomic E-state index is 13.2. The molecule has 2 heterocycles. The molecule has 0 bridgehead atoms. The minimum Gasteiger partial charge on any atom is -0.476 e. The number of carboxylic acids is 1. The lowest BCUT2D eigenvalue weighted by Gasteiger charge is -2.35. The largest absolute Gasteiger partial charge is 0.476 e. The smallest absolute Gasteiger partial charge is 0.356 e. The second-order valence-electron chi connectivity index (χ2n) is 8.47. The SMILES string of the molecule is Cc1cc([C@@H](C)Nc2ccc(Cl)nc2C(=O)O)c2nc(NCC3CC(F)(F)C3)c(C#N)nc2c1. The number of nitrogens with zero attached hydrogens (tertiary/aromatic N) is 4. The lowest BCUT2D eigenvalue weighted by molar-refractivity contribution is -0.106. The summed E-state index contributed by atoms with van der Waals surface area (Å²) in [6, 6.07) is 8.31. The second kappa shape index (κ2) is 8.99. The van der Waals surface area contributed by atoms with Crippen molar-refractivity contribution in [2.24, 2.45) is 5.92 Å². The van der Waals surface area contributed by atoms with Gasteiger partial charge in [-0.15, -0.1) is 0 Å². The third kappa shape index (κ3) is 4.84. The van der Waals surface area contributed by atoms with Crippen molar-refractivity contribution in [2.75, 3.05) is 17.2 Å². The van der Waals surface area contributed by atoms with Gasteiger partial charge in [0, 0.05) is 24.9 Å². The third-order valence-corrected chi connectivity index (χ3v) is 5.90. The number of rotatable bonds is 7. The number of anilines is 2. The Morgan fingerprint density at radius 1 is 1.32 bits per heavy atom. The summed E-state index contributed by atoms with van der Waals surface area (Å²) in [5, 5.41) is 25.2. The van der Waals surface area contributed by atoms with Crippen LogP contribution in [0.15, 0.2) is 24.3 Å². The molecule has 0 saturated heterocycles. The van der Waals surface area contributed by atoms with E-state index >= 15 is 0 Å². The number of nitrogens with one attached hydrogen (secondary N) is 2. The van der Waals surface area contributed by atoms with Crippen molar-refractivity contribution < 1.29 is 18.7 Å². The molecule has 3 aromatic rings. The average Bonchev–Trinajstić information content (AvgIpc) is 2.76. The molecule has 1 atom stereocenters. The quantitative estimate of drug-likeness (QED) is 0.390. The Hall–Kier alpha value is -3.58. The van der Waals surface area contributed by atoms with Gasteiger partial charge in [0.05, 0.1) is 22.8 Å². The molecule has 4 rings (SSSR count). The molecule has 0 radical (unpaired) electrons. The highest BCUT2D eigenvalue weighted by Crippen LogP contribution is 2.42. The number of hydrogen-bond acceptors (Lipinski definition) is 7. The summed E-state index contributed by atoms with van der Waals surface area (Å²) in [4.78, 5) is 24.5. The van der Waals surface area contributed by atoms with Crippen LogP contribution in [0.3, 0.4) is 0 Å². The molecule has 34 heavy (non-hydrogen) atoms. The van der Waals surface area contributed by atoms with Gasteiger partial charge in [0.25, 0.3) is 0 Å². The molecule has 0 aliphatic heterocycles. The van der Waals surface area contributed by atoms with E-state index in [0.717, 1.165) is 11.1 Å². The Labute approximate surface area is 199 Å². The van der Waals surface area contributed by atoms with Crippen LogP contribution in [-0.2, 0) is 0 Å². The van der Waals surface area contributed by atoms with Crippen LogP contribution < -0.4 is 10.6 Å². The molecule has 3 N–H and O–H groups in total. The summed E-state index contributed by atoms with van der Waals surface area (Å²) in [5.41, 5.74) is 2.74. The Morgan fingerprint density at radius 3 is 2.71 bits per heavy atom. The highest BCUT2D eigenvalue weighted by molar-refractivity contribution is 6.29. The van der Waals surface area contributed by atoms with E-state index in [9.17, 15) is 23.9 Å². The van der Waals surface area contributed by atoms with E-state index in [1.54, 1.807) is 6.07 Å². The first-order valence-electron chi connectivity index (χ1n) is 10.6. The van der Waals surface area contributed by atoms with Crippen molar-refractivity contribution in [3.05, 3.63) is 51.9 Å². The fraction of sp³-hybridized carbons (Fsp3) is 0.348. The fourth-order valence-corrected chi connectivity index (χ4v) is 4.21. The molecule has 1 aliphatic carbocycles. The molecule has 0 spiro atoms. The van der Waals surface area contributed by atoms with E-state index in [4.69, 9.17) is 11.6 Å². The van der Waals surface area contributed by atoms with E-state index in [1.165, 1.54) is 12.1 Å². The summed E-state index contributed by atoms with van der Waals surface area (Å²) < 4.78 is 26.3. The number of halogens is 3. The fourth-order valence-electron chi connectivity index (χ4n) is 4.06. The average molecular weight is 487 g/mol. The van der Waals surface area contributed by atoms with Crippen LogP contribution in [0, 0.1) is 24.2 Å². The number of aromatic nitrogens is 3. The molecule has 1 fully saturated rings. The number of alkyl halides is 2. The number of aryl methyl sites for hydroxylation is 1. The monoisotopic (exact) mass is 486 g/mol. The number of carbonyl (C=O) groups is 1. The Bertz CT molecular complexity index is 1320. The van der Waals surface area contributed by atoms with Crippen molar-refractivity contribution in [3.63, 3.8) is 0 Å². The first-order chi connectivity index (χ1) is 16.1. The maximum Gasteiger partial charge on any atom is 0.356 e. The Morgan fingerprint density at radius 2 is 2.06 bits per heavy atom. The van der Waals surface area contributed by atoms with Gasteiger partial charge >= 0.3 is 5.97 Å². The molecule has 2 aromatic heterocycles. The van der Waals surface area contributed by atoms with Gasteiger partial charge in [0.15, 0.2) is 17.2 Å². The van der Waals surface area contributed by atoms with Crippen molar-refractivity contribution in [3.8, 4) is 6.07 Å². The zero-order valence-electron chi connectivity index (χ0n) is 18.4. The van der Waals surface area contributed by atoms with Gasteiger partial charge in [-0.05, 0) is 43.5 Å².